The van der Waals surface area contributed by atoms with Gasteiger partial charge in [0.25, 0.3) is 0 Å². The fraction of sp³-hybridized carbons (Fsp3) is 0.400. The van der Waals surface area contributed by atoms with E-state index in [-0.39, 0.29) is 4.90 Å². The Kier molecular flexibility index (Phi) is 3.36. The molecule has 0 heterocycles. The second-order valence-electron chi connectivity index (χ2n) is 3.82. The van der Waals surface area contributed by atoms with E-state index in [4.69, 9.17) is 5.14 Å². The van der Waals surface area contributed by atoms with Crippen LogP contribution in [-0.2, 0) is 10.0 Å². The third-order valence-electron chi connectivity index (χ3n) is 1.97. The van der Waals surface area contributed by atoms with Gasteiger partial charge >= 0.3 is 0 Å². The van der Waals surface area contributed by atoms with Crippen LogP contribution >= 0.6 is 0 Å². The van der Waals surface area contributed by atoms with Crippen LogP contribution in [0.5, 0.6) is 0 Å². The van der Waals surface area contributed by atoms with Gasteiger partial charge in [0.15, 0.2) is 0 Å². The van der Waals surface area contributed by atoms with Gasteiger partial charge in [0.2, 0.25) is 10.0 Å². The number of sulfonamides is 1. The monoisotopic (exact) mass is 228 g/mol. The number of anilines is 1. The molecule has 0 aliphatic heterocycles. The molecule has 0 fully saturated rings. The molecule has 4 nitrogen and oxygen atoms in total. The summed E-state index contributed by atoms with van der Waals surface area (Å²) in [6.45, 7) is 5.89. The molecule has 0 saturated heterocycles. The molecular weight excluding hydrogens is 212 g/mol. The Morgan fingerprint density at radius 2 is 1.93 bits per heavy atom. The van der Waals surface area contributed by atoms with Gasteiger partial charge in [0.05, 0.1) is 4.90 Å². The van der Waals surface area contributed by atoms with Crippen molar-refractivity contribution in [2.45, 2.75) is 31.7 Å². The lowest BCUT2D eigenvalue weighted by atomic mass is 10.2. The van der Waals surface area contributed by atoms with E-state index in [1.807, 2.05) is 20.8 Å². The molecule has 0 saturated carbocycles. The Morgan fingerprint density at radius 1 is 1.33 bits per heavy atom. The number of primary sulfonamides is 1. The van der Waals surface area contributed by atoms with E-state index in [9.17, 15) is 8.42 Å². The maximum atomic E-state index is 11.1. The van der Waals surface area contributed by atoms with Gasteiger partial charge < -0.3 is 5.32 Å². The van der Waals surface area contributed by atoms with Crippen molar-refractivity contribution in [1.82, 2.24) is 0 Å². The second kappa shape index (κ2) is 4.20. The molecule has 0 bridgehead atoms. The first-order chi connectivity index (χ1) is 6.80. The van der Waals surface area contributed by atoms with Crippen LogP contribution < -0.4 is 10.5 Å². The third-order valence-corrected chi connectivity index (χ3v) is 2.88. The molecule has 5 heteroatoms. The van der Waals surface area contributed by atoms with Crippen LogP contribution in [-0.4, -0.2) is 14.5 Å². The normalized spacial score (nSPS) is 11.8. The minimum absolute atomic E-state index is 0.148. The van der Waals surface area contributed by atoms with Crippen molar-refractivity contribution in [1.29, 1.82) is 0 Å². The Hall–Kier alpha value is -1.07. The molecule has 0 amide bonds. The summed E-state index contributed by atoms with van der Waals surface area (Å²) in [5.74, 6) is 0. The number of hydrogen-bond acceptors (Lipinski definition) is 3. The summed E-state index contributed by atoms with van der Waals surface area (Å²) in [6.07, 6.45) is 0. The first-order valence-electron chi connectivity index (χ1n) is 4.70. The Balaban J connectivity index is 3.09. The fourth-order valence-electron chi connectivity index (χ4n) is 1.29. The Bertz CT molecular complexity index is 452. The molecule has 0 atom stereocenters. The van der Waals surface area contributed by atoms with Gasteiger partial charge in [0, 0.05) is 11.7 Å². The highest BCUT2D eigenvalue weighted by molar-refractivity contribution is 7.89. The maximum absolute atomic E-state index is 11.1. The number of nitrogens with one attached hydrogen (secondary N) is 1. The minimum Gasteiger partial charge on any atom is -0.383 e. The fourth-order valence-corrected chi connectivity index (χ4v) is 1.88. The molecule has 84 valence electrons. The minimum atomic E-state index is -3.60. The number of rotatable bonds is 3. The summed E-state index contributed by atoms with van der Waals surface area (Å²) >= 11 is 0. The molecule has 0 spiro atoms. The van der Waals surface area contributed by atoms with Crippen molar-refractivity contribution in [3.63, 3.8) is 0 Å². The molecule has 1 aromatic rings. The highest BCUT2D eigenvalue weighted by atomic mass is 32.2. The lowest BCUT2D eigenvalue weighted by molar-refractivity contribution is 0.597. The molecule has 0 aromatic heterocycles. The number of aryl methyl sites for hydroxylation is 1. The van der Waals surface area contributed by atoms with E-state index >= 15 is 0 Å². The lowest BCUT2D eigenvalue weighted by Gasteiger charge is -2.13. The van der Waals surface area contributed by atoms with Gasteiger partial charge in [-0.15, -0.1) is 0 Å². The first kappa shape index (κ1) is 12.0. The largest absolute Gasteiger partial charge is 0.383 e. The zero-order valence-electron chi connectivity index (χ0n) is 9.11. The van der Waals surface area contributed by atoms with Crippen LogP contribution in [0.3, 0.4) is 0 Å². The molecule has 0 aliphatic carbocycles. The average Bonchev–Trinajstić information content (AvgIpc) is 2.05. The van der Waals surface area contributed by atoms with Gasteiger partial charge in [-0.1, -0.05) is 0 Å². The third kappa shape index (κ3) is 3.21. The van der Waals surface area contributed by atoms with Crippen LogP contribution in [0.4, 0.5) is 5.69 Å². The smallest absolute Gasteiger partial charge is 0.238 e. The summed E-state index contributed by atoms with van der Waals surface area (Å²) in [5.41, 5.74) is 1.80. The van der Waals surface area contributed by atoms with E-state index in [0.29, 0.717) is 6.04 Å². The van der Waals surface area contributed by atoms with E-state index in [1.165, 1.54) is 6.07 Å². The summed E-state index contributed by atoms with van der Waals surface area (Å²) in [7, 11) is -3.60. The number of nitrogens with two attached hydrogens (primary N) is 1. The summed E-state index contributed by atoms with van der Waals surface area (Å²) in [4.78, 5) is 0.148. The van der Waals surface area contributed by atoms with Crippen molar-refractivity contribution >= 4 is 15.7 Å². The predicted octanol–water partition coefficient (Wildman–Crippen LogP) is 1.46. The van der Waals surface area contributed by atoms with Gasteiger partial charge in [-0.05, 0) is 44.5 Å². The van der Waals surface area contributed by atoms with E-state index in [1.54, 1.807) is 12.1 Å². The first-order valence-corrected chi connectivity index (χ1v) is 6.25. The topological polar surface area (TPSA) is 72.2 Å². The van der Waals surface area contributed by atoms with E-state index < -0.39 is 10.0 Å². The maximum Gasteiger partial charge on any atom is 0.238 e. The SMILES string of the molecule is Cc1cc(S(N)(=O)=O)ccc1NC(C)C. The molecule has 3 N–H and O–H groups in total. The van der Waals surface area contributed by atoms with Crippen LogP contribution in [0, 0.1) is 6.92 Å². The van der Waals surface area contributed by atoms with Crippen LogP contribution in [0.1, 0.15) is 19.4 Å². The molecule has 1 aromatic carbocycles. The van der Waals surface area contributed by atoms with E-state index in [2.05, 4.69) is 5.32 Å². The molecule has 1 rings (SSSR count). The highest BCUT2D eigenvalue weighted by Gasteiger charge is 2.09. The number of hydrogen-bond donors (Lipinski definition) is 2. The quantitative estimate of drug-likeness (QED) is 0.822. The van der Waals surface area contributed by atoms with Gasteiger partial charge in [-0.25, -0.2) is 13.6 Å². The van der Waals surface area contributed by atoms with Gasteiger partial charge in [-0.2, -0.15) is 0 Å². The average molecular weight is 228 g/mol. The Morgan fingerprint density at radius 3 is 2.33 bits per heavy atom. The summed E-state index contributed by atoms with van der Waals surface area (Å²) < 4.78 is 22.2. The van der Waals surface area contributed by atoms with Crippen LogP contribution in [0.15, 0.2) is 23.1 Å². The molecular formula is C10H16N2O2S. The van der Waals surface area contributed by atoms with Gasteiger partial charge in [0.1, 0.15) is 0 Å². The molecule has 0 unspecified atom stereocenters. The zero-order valence-corrected chi connectivity index (χ0v) is 9.93. The zero-order chi connectivity index (χ0) is 11.6. The Labute approximate surface area is 90.5 Å². The van der Waals surface area contributed by atoms with Crippen molar-refractivity contribution in [2.75, 3.05) is 5.32 Å². The highest BCUT2D eigenvalue weighted by Crippen LogP contribution is 2.19. The predicted molar refractivity (Wildman–Crippen MR) is 61.3 cm³/mol. The number of benzene rings is 1. The van der Waals surface area contributed by atoms with Crippen LogP contribution in [0.25, 0.3) is 0 Å². The van der Waals surface area contributed by atoms with Crippen molar-refractivity contribution < 1.29 is 8.42 Å². The standard InChI is InChI=1S/C10H16N2O2S/c1-7(2)12-10-5-4-9(6-8(10)3)15(11,13)14/h4-7,12H,1-3H3,(H2,11,13,14). The molecule has 0 radical (unpaired) electrons. The summed E-state index contributed by atoms with van der Waals surface area (Å²) in [6, 6.07) is 5.12. The van der Waals surface area contributed by atoms with Crippen molar-refractivity contribution in [2.24, 2.45) is 5.14 Å². The van der Waals surface area contributed by atoms with Crippen molar-refractivity contribution in [3.8, 4) is 0 Å². The van der Waals surface area contributed by atoms with Gasteiger partial charge in [-0.3, -0.25) is 0 Å². The van der Waals surface area contributed by atoms with Crippen LogP contribution in [0.2, 0.25) is 0 Å². The lowest BCUT2D eigenvalue weighted by Crippen LogP contribution is -2.14. The molecule has 0 aliphatic rings. The van der Waals surface area contributed by atoms with Crippen molar-refractivity contribution in [3.05, 3.63) is 23.8 Å². The molecule has 15 heavy (non-hydrogen) atoms. The van der Waals surface area contributed by atoms with E-state index in [0.717, 1.165) is 11.3 Å². The second-order valence-corrected chi connectivity index (χ2v) is 5.38. The summed E-state index contributed by atoms with van der Waals surface area (Å²) in [5, 5.41) is 8.24.